The Hall–Kier alpha value is -3.24. The molecule has 0 aliphatic carbocycles. The van der Waals surface area contributed by atoms with Crippen LogP contribution in [0.5, 0.6) is 0 Å². The molecular formula is C17H16FN5O3S. The Balaban J connectivity index is 1.62. The lowest BCUT2D eigenvalue weighted by molar-refractivity contribution is 0.251. The molecule has 1 heterocycles. The average molecular weight is 389 g/mol. The van der Waals surface area contributed by atoms with Gasteiger partial charge in [-0.05, 0) is 35.9 Å². The molecule has 0 bridgehead atoms. The minimum Gasteiger partial charge on any atom is -0.334 e. The summed E-state index contributed by atoms with van der Waals surface area (Å²) in [5.41, 5.74) is 1.17. The van der Waals surface area contributed by atoms with E-state index in [0.717, 1.165) is 0 Å². The van der Waals surface area contributed by atoms with Crippen molar-refractivity contribution in [2.45, 2.75) is 11.4 Å². The molecule has 3 aromatic rings. The molecule has 0 radical (unpaired) electrons. The van der Waals surface area contributed by atoms with E-state index in [4.69, 9.17) is 5.14 Å². The largest absolute Gasteiger partial charge is 0.334 e. The molecule has 2 aromatic carbocycles. The fourth-order valence-electron chi connectivity index (χ4n) is 2.38. The van der Waals surface area contributed by atoms with Crippen molar-refractivity contribution in [3.63, 3.8) is 0 Å². The van der Waals surface area contributed by atoms with Crippen molar-refractivity contribution >= 4 is 21.7 Å². The molecule has 8 nitrogen and oxygen atoms in total. The Labute approximate surface area is 154 Å². The molecule has 2 amide bonds. The lowest BCUT2D eigenvalue weighted by Crippen LogP contribution is -2.28. The Bertz CT molecular complexity index is 1070. The van der Waals surface area contributed by atoms with E-state index >= 15 is 0 Å². The van der Waals surface area contributed by atoms with Crippen molar-refractivity contribution in [3.05, 3.63) is 72.6 Å². The SMILES string of the molecule is NS(=O)(=O)c1cccc(NC(=O)NCc2ccc(-n3ccnc3)c(F)c2)c1. The molecule has 1 aromatic heterocycles. The van der Waals surface area contributed by atoms with Crippen molar-refractivity contribution < 1.29 is 17.6 Å². The number of carbonyl (C=O) groups excluding carboxylic acids is 1. The van der Waals surface area contributed by atoms with Crippen molar-refractivity contribution in [2.24, 2.45) is 5.14 Å². The lowest BCUT2D eigenvalue weighted by atomic mass is 10.2. The summed E-state index contributed by atoms with van der Waals surface area (Å²) in [7, 11) is -3.86. The molecule has 0 saturated heterocycles. The number of primary sulfonamides is 1. The van der Waals surface area contributed by atoms with Crippen LogP contribution in [0.1, 0.15) is 5.56 Å². The summed E-state index contributed by atoms with van der Waals surface area (Å²) < 4.78 is 38.4. The number of nitrogens with zero attached hydrogens (tertiary/aromatic N) is 2. The maximum absolute atomic E-state index is 14.2. The predicted octanol–water partition coefficient (Wildman–Crippen LogP) is 1.98. The lowest BCUT2D eigenvalue weighted by Gasteiger charge is -2.10. The van der Waals surface area contributed by atoms with Crippen LogP contribution in [-0.2, 0) is 16.6 Å². The first-order valence-corrected chi connectivity index (χ1v) is 9.32. The van der Waals surface area contributed by atoms with Crippen LogP contribution in [0.2, 0.25) is 0 Å². The van der Waals surface area contributed by atoms with Gasteiger partial charge in [-0.15, -0.1) is 0 Å². The van der Waals surface area contributed by atoms with Crippen LogP contribution in [0.15, 0.2) is 66.1 Å². The molecule has 27 heavy (non-hydrogen) atoms. The van der Waals surface area contributed by atoms with Crippen molar-refractivity contribution in [2.75, 3.05) is 5.32 Å². The van der Waals surface area contributed by atoms with Crippen molar-refractivity contribution in [1.29, 1.82) is 0 Å². The third-order valence-corrected chi connectivity index (χ3v) is 4.58. The van der Waals surface area contributed by atoms with Gasteiger partial charge in [-0.25, -0.2) is 27.7 Å². The molecule has 0 atom stereocenters. The average Bonchev–Trinajstić information content (AvgIpc) is 3.14. The summed E-state index contributed by atoms with van der Waals surface area (Å²) in [5, 5.41) is 10.1. The van der Waals surface area contributed by atoms with E-state index in [2.05, 4.69) is 15.6 Å². The molecule has 0 aliphatic heterocycles. The fourth-order valence-corrected chi connectivity index (χ4v) is 2.94. The molecule has 0 fully saturated rings. The van der Waals surface area contributed by atoms with E-state index in [1.807, 2.05) is 0 Å². The van der Waals surface area contributed by atoms with Crippen LogP contribution in [0.3, 0.4) is 0 Å². The minimum atomic E-state index is -3.86. The van der Waals surface area contributed by atoms with Gasteiger partial charge in [0.05, 0.1) is 16.9 Å². The molecule has 0 spiro atoms. The summed E-state index contributed by atoms with van der Waals surface area (Å²) in [6.45, 7) is 0.0852. The van der Waals surface area contributed by atoms with E-state index < -0.39 is 21.9 Å². The van der Waals surface area contributed by atoms with Gasteiger partial charge in [0.15, 0.2) is 0 Å². The third kappa shape index (κ3) is 4.68. The van der Waals surface area contributed by atoms with Gasteiger partial charge in [-0.3, -0.25) is 0 Å². The predicted molar refractivity (Wildman–Crippen MR) is 97.2 cm³/mol. The van der Waals surface area contributed by atoms with Crippen LogP contribution in [0.25, 0.3) is 5.69 Å². The summed E-state index contributed by atoms with van der Waals surface area (Å²) >= 11 is 0. The highest BCUT2D eigenvalue weighted by atomic mass is 32.2. The molecule has 4 N–H and O–H groups in total. The molecule has 3 rings (SSSR count). The van der Waals surface area contributed by atoms with Crippen LogP contribution < -0.4 is 15.8 Å². The number of nitrogens with one attached hydrogen (secondary N) is 2. The fraction of sp³-hybridized carbons (Fsp3) is 0.0588. The molecule has 0 aliphatic rings. The number of rotatable bonds is 5. The standard InChI is InChI=1S/C17H16FN5O3S/c18-15-8-12(4-5-16(15)23-7-6-20-11-23)10-21-17(24)22-13-2-1-3-14(9-13)27(19,25)26/h1-9,11H,10H2,(H2,19,25,26)(H2,21,22,24). The molecule has 0 unspecified atom stereocenters. The zero-order chi connectivity index (χ0) is 19.4. The van der Waals surface area contributed by atoms with Gasteiger partial charge < -0.3 is 15.2 Å². The topological polar surface area (TPSA) is 119 Å². The number of benzene rings is 2. The number of anilines is 1. The third-order valence-electron chi connectivity index (χ3n) is 3.67. The summed E-state index contributed by atoms with van der Waals surface area (Å²) in [6, 6.07) is 9.56. The number of hydrogen-bond donors (Lipinski definition) is 3. The van der Waals surface area contributed by atoms with Gasteiger partial charge >= 0.3 is 6.03 Å². The minimum absolute atomic E-state index is 0.0852. The highest BCUT2D eigenvalue weighted by molar-refractivity contribution is 7.89. The van der Waals surface area contributed by atoms with E-state index in [9.17, 15) is 17.6 Å². The Morgan fingerprint density at radius 2 is 2.04 bits per heavy atom. The number of imidazole rings is 1. The number of amides is 2. The molecule has 0 saturated carbocycles. The first-order chi connectivity index (χ1) is 12.8. The van der Waals surface area contributed by atoms with Gasteiger partial charge in [0.1, 0.15) is 5.82 Å². The van der Waals surface area contributed by atoms with E-state index in [0.29, 0.717) is 11.3 Å². The number of aromatic nitrogens is 2. The number of nitrogens with two attached hydrogens (primary N) is 1. The highest BCUT2D eigenvalue weighted by Gasteiger charge is 2.10. The Kier molecular flexibility index (Phi) is 5.19. The molecular weight excluding hydrogens is 373 g/mol. The van der Waals surface area contributed by atoms with Gasteiger partial charge in [-0.1, -0.05) is 12.1 Å². The number of carbonyl (C=O) groups is 1. The molecule has 10 heteroatoms. The van der Waals surface area contributed by atoms with Gasteiger partial charge in [0.2, 0.25) is 10.0 Å². The van der Waals surface area contributed by atoms with E-state index in [1.165, 1.54) is 41.2 Å². The van der Waals surface area contributed by atoms with Crippen LogP contribution >= 0.6 is 0 Å². The first-order valence-electron chi connectivity index (χ1n) is 7.77. The zero-order valence-electron chi connectivity index (χ0n) is 14.0. The normalized spacial score (nSPS) is 11.2. The van der Waals surface area contributed by atoms with Crippen molar-refractivity contribution in [1.82, 2.24) is 14.9 Å². The van der Waals surface area contributed by atoms with Crippen LogP contribution in [0.4, 0.5) is 14.9 Å². The number of hydrogen-bond acceptors (Lipinski definition) is 4. The first kappa shape index (κ1) is 18.5. The van der Waals surface area contributed by atoms with Crippen molar-refractivity contribution in [3.8, 4) is 5.69 Å². The summed E-state index contributed by atoms with van der Waals surface area (Å²) in [4.78, 5) is 15.7. The quantitative estimate of drug-likeness (QED) is 0.618. The summed E-state index contributed by atoms with van der Waals surface area (Å²) in [6.07, 6.45) is 4.66. The summed E-state index contributed by atoms with van der Waals surface area (Å²) in [5.74, 6) is -0.450. The second-order valence-electron chi connectivity index (χ2n) is 5.64. The Morgan fingerprint density at radius 3 is 2.70 bits per heavy atom. The second kappa shape index (κ2) is 7.56. The second-order valence-corrected chi connectivity index (χ2v) is 7.20. The maximum atomic E-state index is 14.2. The number of halogens is 1. The maximum Gasteiger partial charge on any atom is 0.319 e. The monoisotopic (exact) mass is 389 g/mol. The zero-order valence-corrected chi connectivity index (χ0v) is 14.8. The van der Waals surface area contributed by atoms with E-state index in [-0.39, 0.29) is 17.1 Å². The van der Waals surface area contributed by atoms with Gasteiger partial charge in [0, 0.05) is 24.6 Å². The van der Waals surface area contributed by atoms with Gasteiger partial charge in [-0.2, -0.15) is 0 Å². The van der Waals surface area contributed by atoms with E-state index in [1.54, 1.807) is 24.5 Å². The van der Waals surface area contributed by atoms with Gasteiger partial charge in [0.25, 0.3) is 0 Å². The Morgan fingerprint density at radius 1 is 1.22 bits per heavy atom. The number of sulfonamides is 1. The van der Waals surface area contributed by atoms with Crippen LogP contribution in [-0.4, -0.2) is 24.0 Å². The molecule has 140 valence electrons. The van der Waals surface area contributed by atoms with Crippen LogP contribution in [0, 0.1) is 5.82 Å². The number of urea groups is 1. The smallest absolute Gasteiger partial charge is 0.319 e. The highest BCUT2D eigenvalue weighted by Crippen LogP contribution is 2.16.